The molecule has 1 saturated carbocycles. The van der Waals surface area contributed by atoms with Gasteiger partial charge in [0.25, 0.3) is 0 Å². The van der Waals surface area contributed by atoms with E-state index in [0.717, 1.165) is 5.92 Å². The standard InChI is InChI=1S/C7H14O.C4H10.C2H6/c8-6-7-4-2-1-3-5-7;1-4(2)3;1-2/h7-8H,1-6H2;4H,1-3H3;1-2H3. The third-order valence-electron chi connectivity index (χ3n) is 1.98. The van der Waals surface area contributed by atoms with Gasteiger partial charge in [-0.25, -0.2) is 0 Å². The molecule has 1 N–H and O–H groups in total. The largest absolute Gasteiger partial charge is 0.396 e. The van der Waals surface area contributed by atoms with Crippen molar-refractivity contribution in [3.63, 3.8) is 0 Å². The van der Waals surface area contributed by atoms with Crippen LogP contribution in [0, 0.1) is 11.8 Å². The Morgan fingerprint density at radius 3 is 1.57 bits per heavy atom. The van der Waals surface area contributed by atoms with Crippen LogP contribution in [0.25, 0.3) is 0 Å². The molecular weight excluding hydrogens is 172 g/mol. The second-order valence-electron chi connectivity index (χ2n) is 4.42. The van der Waals surface area contributed by atoms with Crippen LogP contribution in [0.3, 0.4) is 0 Å². The SMILES string of the molecule is CC.CC(C)C.OCC1CCCCC1. The zero-order chi connectivity index (χ0) is 11.4. The van der Waals surface area contributed by atoms with Crippen LogP contribution in [0.15, 0.2) is 0 Å². The molecule has 0 bridgehead atoms. The minimum Gasteiger partial charge on any atom is -0.396 e. The Morgan fingerprint density at radius 1 is 1.00 bits per heavy atom. The average molecular weight is 202 g/mol. The van der Waals surface area contributed by atoms with Crippen LogP contribution in [-0.2, 0) is 0 Å². The van der Waals surface area contributed by atoms with Gasteiger partial charge in [-0.05, 0) is 24.7 Å². The third kappa shape index (κ3) is 14.5. The van der Waals surface area contributed by atoms with E-state index < -0.39 is 0 Å². The van der Waals surface area contributed by atoms with E-state index in [4.69, 9.17) is 5.11 Å². The first-order valence-corrected chi connectivity index (χ1v) is 6.27. The van der Waals surface area contributed by atoms with E-state index in [-0.39, 0.29) is 0 Å². The third-order valence-corrected chi connectivity index (χ3v) is 1.98. The molecular formula is C13H30O. The summed E-state index contributed by atoms with van der Waals surface area (Å²) in [6.07, 6.45) is 6.58. The van der Waals surface area contributed by atoms with Gasteiger partial charge in [0.1, 0.15) is 0 Å². The van der Waals surface area contributed by atoms with Crippen molar-refractivity contribution in [2.45, 2.75) is 66.7 Å². The predicted octanol–water partition coefficient (Wildman–Crippen LogP) is 4.25. The van der Waals surface area contributed by atoms with E-state index in [0.29, 0.717) is 12.5 Å². The lowest BCUT2D eigenvalue weighted by atomic mass is 9.90. The van der Waals surface area contributed by atoms with Gasteiger partial charge in [-0.1, -0.05) is 53.9 Å². The summed E-state index contributed by atoms with van der Waals surface area (Å²) in [6.45, 7) is 10.9. The van der Waals surface area contributed by atoms with Crippen molar-refractivity contribution in [2.75, 3.05) is 6.61 Å². The van der Waals surface area contributed by atoms with Crippen molar-refractivity contribution >= 4 is 0 Å². The molecule has 0 radical (unpaired) electrons. The number of aliphatic hydroxyl groups is 1. The highest BCUT2D eigenvalue weighted by Gasteiger charge is 2.10. The van der Waals surface area contributed by atoms with Crippen LogP contribution < -0.4 is 0 Å². The fourth-order valence-corrected chi connectivity index (χ4v) is 1.37. The quantitative estimate of drug-likeness (QED) is 0.674. The monoisotopic (exact) mass is 202 g/mol. The van der Waals surface area contributed by atoms with Crippen LogP contribution in [0.4, 0.5) is 0 Å². The van der Waals surface area contributed by atoms with Crippen LogP contribution >= 0.6 is 0 Å². The van der Waals surface area contributed by atoms with Crippen molar-refractivity contribution in [2.24, 2.45) is 11.8 Å². The predicted molar refractivity (Wildman–Crippen MR) is 65.5 cm³/mol. The molecule has 1 aliphatic rings. The number of hydrogen-bond acceptors (Lipinski definition) is 1. The number of aliphatic hydroxyl groups excluding tert-OH is 1. The molecule has 0 amide bonds. The molecule has 1 heteroatoms. The van der Waals surface area contributed by atoms with E-state index in [1.807, 2.05) is 13.8 Å². The highest BCUT2D eigenvalue weighted by Crippen LogP contribution is 2.22. The zero-order valence-corrected chi connectivity index (χ0v) is 10.8. The molecule has 0 aromatic carbocycles. The van der Waals surface area contributed by atoms with E-state index in [2.05, 4.69) is 20.8 Å². The van der Waals surface area contributed by atoms with Gasteiger partial charge in [0.05, 0.1) is 0 Å². The van der Waals surface area contributed by atoms with Gasteiger partial charge in [0, 0.05) is 6.61 Å². The Labute approximate surface area is 90.9 Å². The van der Waals surface area contributed by atoms with Gasteiger partial charge >= 0.3 is 0 Å². The summed E-state index contributed by atoms with van der Waals surface area (Å²) in [5, 5.41) is 8.69. The maximum absolute atomic E-state index is 8.69. The van der Waals surface area contributed by atoms with E-state index in [1.165, 1.54) is 32.1 Å². The van der Waals surface area contributed by atoms with E-state index >= 15 is 0 Å². The maximum Gasteiger partial charge on any atom is 0.0459 e. The van der Waals surface area contributed by atoms with Crippen molar-refractivity contribution in [1.82, 2.24) is 0 Å². The van der Waals surface area contributed by atoms with E-state index in [1.54, 1.807) is 0 Å². The first-order chi connectivity index (χ1) is 6.66. The van der Waals surface area contributed by atoms with Crippen molar-refractivity contribution in [3.8, 4) is 0 Å². The lowest BCUT2D eigenvalue weighted by Gasteiger charge is -2.18. The summed E-state index contributed by atoms with van der Waals surface area (Å²) >= 11 is 0. The number of rotatable bonds is 1. The normalized spacial score (nSPS) is 16.5. The number of hydrogen-bond donors (Lipinski definition) is 1. The molecule has 1 aliphatic carbocycles. The van der Waals surface area contributed by atoms with Gasteiger partial charge < -0.3 is 5.11 Å². The van der Waals surface area contributed by atoms with E-state index in [9.17, 15) is 0 Å². The topological polar surface area (TPSA) is 20.2 Å². The fraction of sp³-hybridized carbons (Fsp3) is 1.00. The molecule has 0 atom stereocenters. The second kappa shape index (κ2) is 13.0. The molecule has 0 spiro atoms. The van der Waals surface area contributed by atoms with Crippen LogP contribution in [0.5, 0.6) is 0 Å². The molecule has 1 fully saturated rings. The van der Waals surface area contributed by atoms with Crippen LogP contribution in [-0.4, -0.2) is 11.7 Å². The summed E-state index contributed by atoms with van der Waals surface area (Å²) in [5.41, 5.74) is 0. The highest BCUT2D eigenvalue weighted by atomic mass is 16.3. The molecule has 0 aromatic heterocycles. The van der Waals surface area contributed by atoms with Crippen LogP contribution in [0.1, 0.15) is 66.7 Å². The summed E-state index contributed by atoms with van der Waals surface area (Å²) in [6, 6.07) is 0. The average Bonchev–Trinajstić information content (AvgIpc) is 2.21. The summed E-state index contributed by atoms with van der Waals surface area (Å²) < 4.78 is 0. The lowest BCUT2D eigenvalue weighted by Crippen LogP contribution is -2.09. The molecule has 0 heterocycles. The highest BCUT2D eigenvalue weighted by molar-refractivity contribution is 4.63. The molecule has 1 rings (SSSR count). The lowest BCUT2D eigenvalue weighted by molar-refractivity contribution is 0.190. The summed E-state index contributed by atoms with van der Waals surface area (Å²) in [4.78, 5) is 0. The molecule has 0 saturated heterocycles. The smallest absolute Gasteiger partial charge is 0.0459 e. The molecule has 0 aliphatic heterocycles. The van der Waals surface area contributed by atoms with Gasteiger partial charge in [0.15, 0.2) is 0 Å². The van der Waals surface area contributed by atoms with Gasteiger partial charge in [-0.15, -0.1) is 0 Å². The molecule has 1 nitrogen and oxygen atoms in total. The maximum atomic E-state index is 8.69. The molecule has 88 valence electrons. The molecule has 0 aromatic rings. The minimum atomic E-state index is 0.417. The zero-order valence-electron chi connectivity index (χ0n) is 10.8. The second-order valence-corrected chi connectivity index (χ2v) is 4.42. The Balaban J connectivity index is 0. The Morgan fingerprint density at radius 2 is 1.36 bits per heavy atom. The van der Waals surface area contributed by atoms with Gasteiger partial charge in [0.2, 0.25) is 0 Å². The minimum absolute atomic E-state index is 0.417. The van der Waals surface area contributed by atoms with Crippen molar-refractivity contribution < 1.29 is 5.11 Å². The summed E-state index contributed by atoms with van der Waals surface area (Å²) in [7, 11) is 0. The Hall–Kier alpha value is -0.0400. The van der Waals surface area contributed by atoms with Crippen LogP contribution in [0.2, 0.25) is 0 Å². The van der Waals surface area contributed by atoms with Gasteiger partial charge in [-0.3, -0.25) is 0 Å². The Bertz CT molecular complexity index is 80.5. The summed E-state index contributed by atoms with van der Waals surface area (Å²) in [5.74, 6) is 1.48. The van der Waals surface area contributed by atoms with Crippen molar-refractivity contribution in [3.05, 3.63) is 0 Å². The van der Waals surface area contributed by atoms with Crippen molar-refractivity contribution in [1.29, 1.82) is 0 Å². The first-order valence-electron chi connectivity index (χ1n) is 6.27. The fourth-order valence-electron chi connectivity index (χ4n) is 1.37. The first kappa shape index (κ1) is 16.4. The molecule has 14 heavy (non-hydrogen) atoms. The Kier molecular flexibility index (Phi) is 15.2. The van der Waals surface area contributed by atoms with Gasteiger partial charge in [-0.2, -0.15) is 0 Å². The molecule has 0 unspecified atom stereocenters.